The van der Waals surface area contributed by atoms with Crippen LogP contribution in [-0.2, 0) is 32.0 Å². The summed E-state index contributed by atoms with van der Waals surface area (Å²) in [7, 11) is 0. The van der Waals surface area contributed by atoms with Crippen LogP contribution < -0.4 is 18.9 Å². The van der Waals surface area contributed by atoms with Gasteiger partial charge in [-0.05, 0) is 85.8 Å². The SMILES string of the molecule is CCCCC(=O)Oc1ccc(CC(C)C(C)Cc2ccc(OC(=O)CCCC)c(OC(=O)CCCC)c2)cc1OC(=O)CCCC. The third kappa shape index (κ3) is 14.2. The number of unbranched alkanes of at least 4 members (excludes halogenated alkanes) is 4. The van der Waals surface area contributed by atoms with Crippen LogP contribution >= 0.6 is 0 Å². The standard InChI is InChI=1S/C38H54O8/c1-7-11-15-35(39)43-31-21-19-29(25-33(31)45-37(41)17-13-9-3)23-27(5)28(6)24-30-20-22-32(44-36(40)16-12-8-2)34(26-30)46-38(42)18-14-10-4/h19-22,25-28H,7-18,23-24H2,1-6H3. The van der Waals surface area contributed by atoms with Crippen molar-refractivity contribution in [2.45, 2.75) is 131 Å². The van der Waals surface area contributed by atoms with Gasteiger partial charge in [0.25, 0.3) is 0 Å². The summed E-state index contributed by atoms with van der Waals surface area (Å²) in [5.74, 6) is 0.100. The molecule has 2 aromatic rings. The summed E-state index contributed by atoms with van der Waals surface area (Å²) in [6.07, 6.45) is 9.02. The molecule has 2 aromatic carbocycles. The van der Waals surface area contributed by atoms with Crippen LogP contribution in [0.5, 0.6) is 23.0 Å². The first-order valence-electron chi connectivity index (χ1n) is 17.2. The molecule has 0 fully saturated rings. The molecule has 0 saturated carbocycles. The normalized spacial score (nSPS) is 12.2. The van der Waals surface area contributed by atoms with Crippen molar-refractivity contribution in [3.63, 3.8) is 0 Å². The van der Waals surface area contributed by atoms with E-state index in [1.165, 1.54) is 0 Å². The Bertz CT molecular complexity index is 1170. The molecule has 0 amide bonds. The summed E-state index contributed by atoms with van der Waals surface area (Å²) < 4.78 is 22.5. The molecule has 46 heavy (non-hydrogen) atoms. The largest absolute Gasteiger partial charge is 0.423 e. The van der Waals surface area contributed by atoms with Crippen molar-refractivity contribution in [2.24, 2.45) is 11.8 Å². The minimum absolute atomic E-state index is 0.226. The molecule has 0 aliphatic carbocycles. The van der Waals surface area contributed by atoms with Gasteiger partial charge >= 0.3 is 23.9 Å². The van der Waals surface area contributed by atoms with Crippen LogP contribution in [-0.4, -0.2) is 23.9 Å². The van der Waals surface area contributed by atoms with Crippen molar-refractivity contribution in [1.29, 1.82) is 0 Å². The number of ether oxygens (including phenoxy) is 4. The highest BCUT2D eigenvalue weighted by Crippen LogP contribution is 2.34. The molecule has 254 valence electrons. The maximum Gasteiger partial charge on any atom is 0.311 e. The number of hydrogen-bond donors (Lipinski definition) is 0. The van der Waals surface area contributed by atoms with Crippen molar-refractivity contribution < 1.29 is 38.1 Å². The Balaban J connectivity index is 2.20. The van der Waals surface area contributed by atoms with Gasteiger partial charge in [-0.1, -0.05) is 79.4 Å². The van der Waals surface area contributed by atoms with E-state index >= 15 is 0 Å². The van der Waals surface area contributed by atoms with Crippen LogP contribution in [0.4, 0.5) is 0 Å². The topological polar surface area (TPSA) is 105 Å². The van der Waals surface area contributed by atoms with Crippen molar-refractivity contribution in [3.8, 4) is 23.0 Å². The van der Waals surface area contributed by atoms with Gasteiger partial charge in [-0.3, -0.25) is 19.2 Å². The first-order valence-corrected chi connectivity index (χ1v) is 17.2. The molecular formula is C38H54O8. The molecule has 0 bridgehead atoms. The Morgan fingerprint density at radius 2 is 0.761 bits per heavy atom. The zero-order valence-corrected chi connectivity index (χ0v) is 28.8. The van der Waals surface area contributed by atoms with Gasteiger partial charge in [0, 0.05) is 25.7 Å². The fraction of sp³-hybridized carbons (Fsp3) is 0.579. The molecule has 0 aromatic heterocycles. The molecule has 2 rings (SSSR count). The van der Waals surface area contributed by atoms with Crippen molar-refractivity contribution in [1.82, 2.24) is 0 Å². The third-order valence-corrected chi connectivity index (χ3v) is 7.94. The van der Waals surface area contributed by atoms with Crippen molar-refractivity contribution in [3.05, 3.63) is 47.5 Å². The van der Waals surface area contributed by atoms with Gasteiger partial charge in [-0.2, -0.15) is 0 Å². The first kappa shape index (κ1) is 38.5. The Morgan fingerprint density at radius 1 is 0.478 bits per heavy atom. The molecule has 2 unspecified atom stereocenters. The number of rotatable bonds is 21. The molecule has 0 aliphatic heterocycles. The molecule has 8 nitrogen and oxygen atoms in total. The second-order valence-electron chi connectivity index (χ2n) is 12.2. The van der Waals surface area contributed by atoms with E-state index < -0.39 is 0 Å². The molecule has 0 aliphatic rings. The molecule has 8 heteroatoms. The monoisotopic (exact) mass is 638 g/mol. The molecular weight excluding hydrogens is 584 g/mol. The van der Waals surface area contributed by atoms with Gasteiger partial charge in [-0.25, -0.2) is 0 Å². The molecule has 2 atom stereocenters. The van der Waals surface area contributed by atoms with E-state index in [0.29, 0.717) is 38.5 Å². The number of hydrogen-bond acceptors (Lipinski definition) is 8. The number of carbonyl (C=O) groups excluding carboxylic acids is 4. The quantitative estimate of drug-likeness (QED) is 0.0985. The number of carbonyl (C=O) groups is 4. The third-order valence-electron chi connectivity index (χ3n) is 7.94. The Hall–Kier alpha value is -3.68. The van der Waals surface area contributed by atoms with Crippen LogP contribution in [0.25, 0.3) is 0 Å². The van der Waals surface area contributed by atoms with Gasteiger partial charge in [0.2, 0.25) is 0 Å². The highest BCUT2D eigenvalue weighted by Gasteiger charge is 2.20. The van der Waals surface area contributed by atoms with E-state index in [1.54, 1.807) is 24.3 Å². The van der Waals surface area contributed by atoms with Gasteiger partial charge < -0.3 is 18.9 Å². The van der Waals surface area contributed by atoms with Gasteiger partial charge in [0.1, 0.15) is 0 Å². The van der Waals surface area contributed by atoms with Gasteiger partial charge in [-0.15, -0.1) is 0 Å². The van der Waals surface area contributed by atoms with E-state index in [1.807, 2.05) is 39.8 Å². The lowest BCUT2D eigenvalue weighted by Crippen LogP contribution is -2.15. The Morgan fingerprint density at radius 3 is 1.04 bits per heavy atom. The van der Waals surface area contributed by atoms with Crippen LogP contribution in [0.1, 0.15) is 130 Å². The summed E-state index contributed by atoms with van der Waals surface area (Å²) in [6.45, 7) is 12.4. The summed E-state index contributed by atoms with van der Waals surface area (Å²) >= 11 is 0. The Labute approximate surface area is 275 Å². The molecule has 0 heterocycles. The fourth-order valence-electron chi connectivity index (χ4n) is 4.81. The van der Waals surface area contributed by atoms with Crippen LogP contribution in [0.3, 0.4) is 0 Å². The zero-order chi connectivity index (χ0) is 33.9. The lowest BCUT2D eigenvalue weighted by molar-refractivity contribution is -0.137. The zero-order valence-electron chi connectivity index (χ0n) is 28.8. The molecule has 0 radical (unpaired) electrons. The predicted octanol–water partition coefficient (Wildman–Crippen LogP) is 9.13. The summed E-state index contributed by atoms with van der Waals surface area (Å²) in [6, 6.07) is 10.8. The summed E-state index contributed by atoms with van der Waals surface area (Å²) in [5.41, 5.74) is 1.93. The maximum atomic E-state index is 12.5. The minimum atomic E-state index is -0.350. The average Bonchev–Trinajstić information content (AvgIpc) is 3.03. The average molecular weight is 639 g/mol. The molecule has 0 saturated heterocycles. The summed E-state index contributed by atoms with van der Waals surface area (Å²) in [5, 5.41) is 0. The maximum absolute atomic E-state index is 12.5. The number of esters is 4. The van der Waals surface area contributed by atoms with Crippen LogP contribution in [0.2, 0.25) is 0 Å². The van der Waals surface area contributed by atoms with Crippen LogP contribution in [0.15, 0.2) is 36.4 Å². The lowest BCUT2D eigenvalue weighted by Gasteiger charge is -2.21. The van der Waals surface area contributed by atoms with E-state index in [4.69, 9.17) is 18.9 Å². The predicted molar refractivity (Wildman–Crippen MR) is 179 cm³/mol. The Kier molecular flexibility index (Phi) is 17.7. The van der Waals surface area contributed by atoms with E-state index in [0.717, 1.165) is 62.5 Å². The van der Waals surface area contributed by atoms with Gasteiger partial charge in [0.05, 0.1) is 0 Å². The highest BCUT2D eigenvalue weighted by molar-refractivity contribution is 5.77. The van der Waals surface area contributed by atoms with Crippen LogP contribution in [0, 0.1) is 11.8 Å². The van der Waals surface area contributed by atoms with Crippen molar-refractivity contribution in [2.75, 3.05) is 0 Å². The smallest absolute Gasteiger partial charge is 0.311 e. The molecule has 0 spiro atoms. The molecule has 0 N–H and O–H groups in total. The second-order valence-corrected chi connectivity index (χ2v) is 12.2. The van der Waals surface area contributed by atoms with Gasteiger partial charge in [0.15, 0.2) is 23.0 Å². The van der Waals surface area contributed by atoms with E-state index in [9.17, 15) is 19.2 Å². The number of benzene rings is 2. The van der Waals surface area contributed by atoms with E-state index in [2.05, 4.69) is 13.8 Å². The fourth-order valence-corrected chi connectivity index (χ4v) is 4.81. The summed E-state index contributed by atoms with van der Waals surface area (Å²) in [4.78, 5) is 49.6. The lowest BCUT2D eigenvalue weighted by atomic mass is 9.85. The van der Waals surface area contributed by atoms with E-state index in [-0.39, 0.29) is 58.7 Å². The highest BCUT2D eigenvalue weighted by atomic mass is 16.6. The second kappa shape index (κ2) is 21.2. The first-order chi connectivity index (χ1) is 22.1. The minimum Gasteiger partial charge on any atom is -0.423 e. The van der Waals surface area contributed by atoms with Crippen molar-refractivity contribution >= 4 is 23.9 Å².